The summed E-state index contributed by atoms with van der Waals surface area (Å²) in [5.74, 6) is 0.236. The Morgan fingerprint density at radius 2 is 1.89 bits per heavy atom. The molecule has 2 aromatic heterocycles. The van der Waals surface area contributed by atoms with E-state index in [0.29, 0.717) is 19.6 Å². The number of ether oxygens (including phenoxy) is 1. The summed E-state index contributed by atoms with van der Waals surface area (Å²) in [6, 6.07) is 19.3. The van der Waals surface area contributed by atoms with Gasteiger partial charge in [-0.05, 0) is 34.9 Å². The number of rotatable bonds is 6. The quantitative estimate of drug-likeness (QED) is 0.334. The van der Waals surface area contributed by atoms with Crippen molar-refractivity contribution in [2.75, 3.05) is 24.7 Å². The molecule has 1 aliphatic heterocycles. The highest BCUT2D eigenvalue weighted by molar-refractivity contribution is 7.17. The molecule has 0 amide bonds. The van der Waals surface area contributed by atoms with Crippen molar-refractivity contribution in [2.24, 2.45) is 5.41 Å². The Morgan fingerprint density at radius 1 is 1.05 bits per heavy atom. The zero-order chi connectivity index (χ0) is 25.4. The number of hydrogen-bond donors (Lipinski definition) is 0. The van der Waals surface area contributed by atoms with Crippen molar-refractivity contribution in [1.29, 1.82) is 0 Å². The topological polar surface area (TPSA) is 60.3 Å². The number of benzene rings is 2. The molecule has 6 rings (SSSR count). The maximum atomic E-state index is 12.8. The van der Waals surface area contributed by atoms with E-state index < -0.39 is 0 Å². The lowest BCUT2D eigenvalue weighted by Gasteiger charge is -2.35. The van der Waals surface area contributed by atoms with Gasteiger partial charge >= 0.3 is 0 Å². The van der Waals surface area contributed by atoms with Crippen molar-refractivity contribution in [2.45, 2.75) is 45.7 Å². The van der Waals surface area contributed by atoms with Crippen LogP contribution in [-0.4, -0.2) is 46.3 Å². The van der Waals surface area contributed by atoms with Gasteiger partial charge in [-0.3, -0.25) is 9.48 Å². The Labute approximate surface area is 221 Å². The number of morpholine rings is 1. The average Bonchev–Trinajstić information content (AvgIpc) is 3.52. The predicted octanol–water partition coefficient (Wildman–Crippen LogP) is 5.66. The number of carbonyl (C=O) groups excluding carboxylic acids is 1. The number of thiazole rings is 1. The van der Waals surface area contributed by atoms with Gasteiger partial charge in [0.05, 0.1) is 42.6 Å². The van der Waals surface area contributed by atoms with Crippen LogP contribution in [0.5, 0.6) is 0 Å². The SMILES string of the molecule is CC1(C)CC(=O)c2sc(N3CCOC[C@@H]3Cc3cccc(-c4cnn(Cc5ccccc5)c4)c3)nc2C1. The molecule has 1 saturated heterocycles. The number of ketones is 1. The van der Waals surface area contributed by atoms with Crippen LogP contribution in [0.1, 0.15) is 46.8 Å². The minimum Gasteiger partial charge on any atom is -0.377 e. The van der Waals surface area contributed by atoms with Crippen molar-refractivity contribution < 1.29 is 9.53 Å². The fourth-order valence-electron chi connectivity index (χ4n) is 5.43. The van der Waals surface area contributed by atoms with E-state index in [4.69, 9.17) is 9.72 Å². The molecule has 6 nitrogen and oxygen atoms in total. The van der Waals surface area contributed by atoms with Crippen LogP contribution in [0.25, 0.3) is 11.1 Å². The van der Waals surface area contributed by atoms with Gasteiger partial charge in [0.15, 0.2) is 10.9 Å². The van der Waals surface area contributed by atoms with Crippen LogP contribution < -0.4 is 4.90 Å². The third kappa shape index (κ3) is 5.24. The Hall–Kier alpha value is -3.29. The van der Waals surface area contributed by atoms with E-state index in [9.17, 15) is 4.79 Å². The lowest BCUT2D eigenvalue weighted by atomic mass is 9.78. The van der Waals surface area contributed by atoms with Crippen LogP contribution in [0, 0.1) is 5.41 Å². The molecule has 0 unspecified atom stereocenters. The normalized spacial score (nSPS) is 19.1. The second-order valence-corrected chi connectivity index (χ2v) is 11.9. The summed E-state index contributed by atoms with van der Waals surface area (Å²) in [6.45, 7) is 7.20. The first-order chi connectivity index (χ1) is 17.9. The van der Waals surface area contributed by atoms with Crippen LogP contribution in [0.4, 0.5) is 5.13 Å². The fraction of sp³-hybridized carbons (Fsp3) is 0.367. The van der Waals surface area contributed by atoms with Crippen LogP contribution in [0.3, 0.4) is 0 Å². The van der Waals surface area contributed by atoms with Crippen molar-refractivity contribution in [3.8, 4) is 11.1 Å². The fourth-order valence-corrected chi connectivity index (χ4v) is 6.54. The van der Waals surface area contributed by atoms with Crippen molar-refractivity contribution >= 4 is 22.3 Å². The second kappa shape index (κ2) is 9.88. The number of hydrogen-bond acceptors (Lipinski definition) is 6. The molecule has 37 heavy (non-hydrogen) atoms. The van der Waals surface area contributed by atoms with E-state index in [1.54, 1.807) is 11.3 Å². The first kappa shape index (κ1) is 24.1. The summed E-state index contributed by atoms with van der Waals surface area (Å²) < 4.78 is 7.88. The summed E-state index contributed by atoms with van der Waals surface area (Å²) in [5.41, 5.74) is 5.72. The van der Waals surface area contributed by atoms with Crippen LogP contribution in [-0.2, 0) is 24.1 Å². The number of Topliss-reactive ketones (excluding diaryl/α,β-unsaturated/α-hetero) is 1. The number of carbonyl (C=O) groups is 1. The van der Waals surface area contributed by atoms with E-state index >= 15 is 0 Å². The first-order valence-corrected chi connectivity index (χ1v) is 13.8. The number of aromatic nitrogens is 3. The molecule has 4 aromatic rings. The van der Waals surface area contributed by atoms with Gasteiger partial charge in [0.1, 0.15) is 0 Å². The van der Waals surface area contributed by atoms with Crippen LogP contribution >= 0.6 is 11.3 Å². The maximum Gasteiger partial charge on any atom is 0.186 e. The van der Waals surface area contributed by atoms with Gasteiger partial charge in [-0.2, -0.15) is 5.10 Å². The van der Waals surface area contributed by atoms with Gasteiger partial charge in [-0.1, -0.05) is 79.8 Å². The molecule has 190 valence electrons. The Bertz CT molecular complexity index is 1410. The molecule has 2 aromatic carbocycles. The van der Waals surface area contributed by atoms with E-state index in [1.165, 1.54) is 11.1 Å². The Morgan fingerprint density at radius 3 is 2.76 bits per heavy atom. The third-order valence-electron chi connectivity index (χ3n) is 7.25. The molecule has 0 N–H and O–H groups in total. The van der Waals surface area contributed by atoms with E-state index in [2.05, 4.69) is 78.6 Å². The molecule has 1 aliphatic carbocycles. The van der Waals surface area contributed by atoms with Crippen molar-refractivity contribution in [3.63, 3.8) is 0 Å². The molecule has 1 atom stereocenters. The van der Waals surface area contributed by atoms with Gasteiger partial charge in [-0.25, -0.2) is 4.98 Å². The van der Waals surface area contributed by atoms with Gasteiger partial charge in [0.25, 0.3) is 0 Å². The highest BCUT2D eigenvalue weighted by Crippen LogP contribution is 2.40. The first-order valence-electron chi connectivity index (χ1n) is 13.0. The second-order valence-electron chi connectivity index (χ2n) is 11.0. The molecule has 7 heteroatoms. The molecule has 3 heterocycles. The summed E-state index contributed by atoms with van der Waals surface area (Å²) >= 11 is 1.57. The number of nitrogens with zero attached hydrogens (tertiary/aromatic N) is 4. The van der Waals surface area contributed by atoms with Gasteiger partial charge in [0, 0.05) is 24.7 Å². The predicted molar refractivity (Wildman–Crippen MR) is 147 cm³/mol. The molecular weight excluding hydrogens is 480 g/mol. The standard InChI is InChI=1S/C30H32N4O2S/c1-30(2)15-26-28(27(35)16-30)37-29(32-26)34-11-12-36-20-25(34)14-22-9-6-10-23(13-22)24-17-31-33(19-24)18-21-7-4-3-5-8-21/h3-10,13,17,19,25H,11-12,14-16,18,20H2,1-2H3/t25-/m0/s1. The van der Waals surface area contributed by atoms with Crippen LogP contribution in [0.15, 0.2) is 67.0 Å². The highest BCUT2D eigenvalue weighted by Gasteiger charge is 2.36. The van der Waals surface area contributed by atoms with Gasteiger partial charge in [-0.15, -0.1) is 0 Å². The van der Waals surface area contributed by atoms with Gasteiger partial charge in [0.2, 0.25) is 0 Å². The largest absolute Gasteiger partial charge is 0.377 e. The smallest absolute Gasteiger partial charge is 0.186 e. The van der Waals surface area contributed by atoms with Crippen molar-refractivity contribution in [1.82, 2.24) is 14.8 Å². The minimum absolute atomic E-state index is 0.0187. The molecule has 0 saturated carbocycles. The third-order valence-corrected chi connectivity index (χ3v) is 8.43. The molecule has 0 radical (unpaired) electrons. The summed E-state index contributed by atoms with van der Waals surface area (Å²) in [5, 5.41) is 5.55. The van der Waals surface area contributed by atoms with Crippen molar-refractivity contribution in [3.05, 3.63) is 88.7 Å². The summed E-state index contributed by atoms with van der Waals surface area (Å²) in [6.07, 6.45) is 6.37. The monoisotopic (exact) mass is 512 g/mol. The van der Waals surface area contributed by atoms with E-state index in [-0.39, 0.29) is 17.2 Å². The van der Waals surface area contributed by atoms with E-state index in [0.717, 1.165) is 52.8 Å². The zero-order valence-electron chi connectivity index (χ0n) is 21.4. The van der Waals surface area contributed by atoms with E-state index in [1.807, 2.05) is 16.9 Å². The summed E-state index contributed by atoms with van der Waals surface area (Å²) in [4.78, 5) is 21.0. The lowest BCUT2D eigenvalue weighted by molar-refractivity contribution is 0.0915. The van der Waals surface area contributed by atoms with Gasteiger partial charge < -0.3 is 9.64 Å². The highest BCUT2D eigenvalue weighted by atomic mass is 32.1. The minimum atomic E-state index is -0.0187. The molecule has 1 fully saturated rings. The number of anilines is 1. The Balaban J connectivity index is 1.20. The van der Waals surface area contributed by atoms with Crippen LogP contribution in [0.2, 0.25) is 0 Å². The number of fused-ring (bicyclic) bond motifs is 1. The maximum absolute atomic E-state index is 12.8. The molecular formula is C30H32N4O2S. The lowest BCUT2D eigenvalue weighted by Crippen LogP contribution is -2.46. The average molecular weight is 513 g/mol. The summed E-state index contributed by atoms with van der Waals surface area (Å²) in [7, 11) is 0. The molecule has 0 bridgehead atoms. The molecule has 2 aliphatic rings. The Kier molecular flexibility index (Phi) is 6.42. The molecule has 0 spiro atoms. The zero-order valence-corrected chi connectivity index (χ0v) is 22.2.